The van der Waals surface area contributed by atoms with Gasteiger partial charge in [0.2, 0.25) is 0 Å². The van der Waals surface area contributed by atoms with Gasteiger partial charge < -0.3 is 16.0 Å². The third-order valence-electron chi connectivity index (χ3n) is 1.63. The molecule has 1 aliphatic heterocycles. The molecule has 0 aromatic rings. The zero-order valence-corrected chi connectivity index (χ0v) is 6.56. The molecule has 7 nitrogen and oxygen atoms in total. The van der Waals surface area contributed by atoms with Gasteiger partial charge in [-0.05, 0) is 0 Å². The smallest absolute Gasteiger partial charge is 0.268 e. The molecule has 1 aliphatic rings. The van der Waals surface area contributed by atoms with Crippen molar-refractivity contribution < 1.29 is 5.03 Å². The fourth-order valence-electron chi connectivity index (χ4n) is 1.04. The topological polar surface area (TPSA) is 96.8 Å². The number of nitro groups is 1. The quantitative estimate of drug-likeness (QED) is 0.215. The first-order chi connectivity index (χ1) is 5.70. The number of nitrogens with one attached hydrogen (secondary N) is 1. The van der Waals surface area contributed by atoms with Crippen LogP contribution in [0.2, 0.25) is 0 Å². The predicted octanol–water partition coefficient (Wildman–Crippen LogP) is -1.60. The Labute approximate surface area is 69.4 Å². The molecular formula is C5H11N5O2. The summed E-state index contributed by atoms with van der Waals surface area (Å²) in [5, 5.41) is 15.3. The summed E-state index contributed by atoms with van der Waals surface area (Å²) in [4.78, 5) is 11.6. The van der Waals surface area contributed by atoms with E-state index in [9.17, 15) is 10.1 Å². The van der Waals surface area contributed by atoms with Gasteiger partial charge in [-0.3, -0.25) is 0 Å². The highest BCUT2D eigenvalue weighted by atomic mass is 16.7. The van der Waals surface area contributed by atoms with E-state index in [1.54, 1.807) is 4.90 Å². The number of nitrogens with two attached hydrogens (primary N) is 1. The van der Waals surface area contributed by atoms with Gasteiger partial charge in [0.25, 0.3) is 5.96 Å². The van der Waals surface area contributed by atoms with Crippen molar-refractivity contribution in [1.82, 2.24) is 10.2 Å². The Morgan fingerprint density at radius 2 is 2.17 bits per heavy atom. The summed E-state index contributed by atoms with van der Waals surface area (Å²) >= 11 is 0. The molecule has 0 amide bonds. The molecule has 1 heterocycles. The van der Waals surface area contributed by atoms with Crippen LogP contribution in [0.3, 0.4) is 0 Å². The molecule has 1 saturated heterocycles. The maximum Gasteiger partial charge on any atom is 0.268 e. The molecule has 3 N–H and O–H groups in total. The molecule has 0 aliphatic carbocycles. The summed E-state index contributed by atoms with van der Waals surface area (Å²) in [6, 6.07) is 0. The van der Waals surface area contributed by atoms with Crippen molar-refractivity contribution in [3.63, 3.8) is 0 Å². The molecule has 1 fully saturated rings. The van der Waals surface area contributed by atoms with Gasteiger partial charge in [-0.1, -0.05) is 0 Å². The number of hydrogen-bond donors (Lipinski definition) is 2. The molecule has 0 aromatic carbocycles. The molecule has 7 heteroatoms. The summed E-state index contributed by atoms with van der Waals surface area (Å²) in [5.41, 5.74) is 5.36. The van der Waals surface area contributed by atoms with E-state index in [4.69, 9.17) is 5.73 Å². The van der Waals surface area contributed by atoms with Crippen LogP contribution in [-0.2, 0) is 0 Å². The summed E-state index contributed by atoms with van der Waals surface area (Å²) in [5.74, 6) is -0.0125. The molecule has 0 radical (unpaired) electrons. The molecule has 1 rings (SSSR count). The van der Waals surface area contributed by atoms with Gasteiger partial charge in [-0.15, -0.1) is 0 Å². The average molecular weight is 173 g/mol. The van der Waals surface area contributed by atoms with E-state index in [1.165, 1.54) is 0 Å². The van der Waals surface area contributed by atoms with E-state index >= 15 is 0 Å². The van der Waals surface area contributed by atoms with Crippen LogP contribution in [0.1, 0.15) is 0 Å². The molecule has 0 saturated carbocycles. The highest BCUT2D eigenvalue weighted by Gasteiger charge is 2.13. The summed E-state index contributed by atoms with van der Waals surface area (Å²) < 4.78 is 0. The van der Waals surface area contributed by atoms with E-state index in [2.05, 4.69) is 10.4 Å². The van der Waals surface area contributed by atoms with Crippen LogP contribution in [-0.4, -0.2) is 42.1 Å². The summed E-state index contributed by atoms with van der Waals surface area (Å²) in [7, 11) is 0. The van der Waals surface area contributed by atoms with E-state index in [1.807, 2.05) is 0 Å². The van der Waals surface area contributed by atoms with Crippen LogP contribution in [0.5, 0.6) is 0 Å². The van der Waals surface area contributed by atoms with Crippen LogP contribution in [0.25, 0.3) is 0 Å². The van der Waals surface area contributed by atoms with Crippen molar-refractivity contribution in [2.45, 2.75) is 0 Å². The van der Waals surface area contributed by atoms with Gasteiger partial charge in [0, 0.05) is 26.2 Å². The lowest BCUT2D eigenvalue weighted by Gasteiger charge is -2.26. The van der Waals surface area contributed by atoms with Crippen molar-refractivity contribution in [3.8, 4) is 0 Å². The first-order valence-electron chi connectivity index (χ1n) is 3.64. The zero-order valence-electron chi connectivity index (χ0n) is 6.56. The van der Waals surface area contributed by atoms with E-state index < -0.39 is 5.03 Å². The van der Waals surface area contributed by atoms with Crippen LogP contribution < -0.4 is 11.1 Å². The lowest BCUT2D eigenvalue weighted by Crippen LogP contribution is -2.49. The normalized spacial score (nSPS) is 19.3. The molecule has 0 unspecified atom stereocenters. The minimum Gasteiger partial charge on any atom is -0.365 e. The van der Waals surface area contributed by atoms with Crippen molar-refractivity contribution in [2.75, 3.05) is 26.2 Å². The molecule has 0 spiro atoms. The Morgan fingerprint density at radius 3 is 2.67 bits per heavy atom. The molecule has 68 valence electrons. The Bertz CT molecular complexity index is 198. The van der Waals surface area contributed by atoms with Gasteiger partial charge in [0.15, 0.2) is 5.03 Å². The largest absolute Gasteiger partial charge is 0.365 e. The Morgan fingerprint density at radius 1 is 1.58 bits per heavy atom. The van der Waals surface area contributed by atoms with Crippen molar-refractivity contribution in [3.05, 3.63) is 10.1 Å². The van der Waals surface area contributed by atoms with Crippen LogP contribution in [0, 0.1) is 10.1 Å². The fourth-order valence-corrected chi connectivity index (χ4v) is 1.04. The van der Waals surface area contributed by atoms with Gasteiger partial charge in [-0.25, -0.2) is 10.1 Å². The number of nitrogens with zero attached hydrogens (tertiary/aromatic N) is 3. The third kappa shape index (κ3) is 2.35. The lowest BCUT2D eigenvalue weighted by atomic mass is 10.4. The van der Waals surface area contributed by atoms with Crippen LogP contribution in [0.4, 0.5) is 0 Å². The first kappa shape index (κ1) is 8.72. The fraction of sp³-hybridized carbons (Fsp3) is 0.800. The SMILES string of the molecule is NC(=N[N+](=O)[O-])N1CCNCC1. The number of piperazine rings is 1. The van der Waals surface area contributed by atoms with Gasteiger partial charge in [-0.2, -0.15) is 0 Å². The van der Waals surface area contributed by atoms with Gasteiger partial charge >= 0.3 is 0 Å². The maximum atomic E-state index is 9.95. The molecule has 12 heavy (non-hydrogen) atoms. The zero-order chi connectivity index (χ0) is 8.97. The summed E-state index contributed by atoms with van der Waals surface area (Å²) in [6.45, 7) is 2.91. The van der Waals surface area contributed by atoms with E-state index in [-0.39, 0.29) is 5.96 Å². The summed E-state index contributed by atoms with van der Waals surface area (Å²) in [6.07, 6.45) is 0. The highest BCUT2D eigenvalue weighted by Crippen LogP contribution is 1.91. The van der Waals surface area contributed by atoms with Crippen LogP contribution >= 0.6 is 0 Å². The second kappa shape index (κ2) is 3.86. The molecule has 0 bridgehead atoms. The second-order valence-corrected chi connectivity index (χ2v) is 2.43. The predicted molar refractivity (Wildman–Crippen MR) is 43.1 cm³/mol. The Kier molecular flexibility index (Phi) is 2.81. The standard InChI is InChI=1S/C5H11N5O2/c6-5(8-10(11)12)9-3-1-7-2-4-9/h7H,1-4H2,(H2,6,8). The number of rotatable bonds is 1. The Hall–Kier alpha value is -1.37. The minimum absolute atomic E-state index is 0.0125. The average Bonchev–Trinajstić information content (AvgIpc) is 2.05. The number of hydrogen-bond acceptors (Lipinski definition) is 3. The number of hydrazone groups is 1. The molecular weight excluding hydrogens is 162 g/mol. The highest BCUT2D eigenvalue weighted by molar-refractivity contribution is 5.77. The van der Waals surface area contributed by atoms with Crippen molar-refractivity contribution >= 4 is 5.96 Å². The van der Waals surface area contributed by atoms with Crippen molar-refractivity contribution in [1.29, 1.82) is 0 Å². The monoisotopic (exact) mass is 173 g/mol. The maximum absolute atomic E-state index is 9.95. The second-order valence-electron chi connectivity index (χ2n) is 2.43. The molecule has 0 atom stereocenters. The van der Waals surface area contributed by atoms with Gasteiger partial charge in [0.05, 0.1) is 0 Å². The minimum atomic E-state index is -0.780. The van der Waals surface area contributed by atoms with Gasteiger partial charge in [0.1, 0.15) is 5.10 Å². The first-order valence-corrected chi connectivity index (χ1v) is 3.64. The Balaban J connectivity index is 2.49. The van der Waals surface area contributed by atoms with Crippen LogP contribution in [0.15, 0.2) is 5.10 Å². The van der Waals surface area contributed by atoms with E-state index in [0.29, 0.717) is 13.1 Å². The van der Waals surface area contributed by atoms with E-state index in [0.717, 1.165) is 13.1 Å². The van der Waals surface area contributed by atoms with Crippen molar-refractivity contribution in [2.24, 2.45) is 10.8 Å². The molecule has 0 aromatic heterocycles. The lowest BCUT2D eigenvalue weighted by molar-refractivity contribution is -0.485. The number of guanidine groups is 1. The third-order valence-corrected chi connectivity index (χ3v) is 1.63.